The molecular formula is C12H16ClN3O4S. The molecule has 0 saturated carbocycles. The maximum absolute atomic E-state index is 11.6. The van der Waals surface area contributed by atoms with Gasteiger partial charge in [0.15, 0.2) is 0 Å². The number of halogens is 1. The molecule has 116 valence electrons. The van der Waals surface area contributed by atoms with Gasteiger partial charge in [0.05, 0.1) is 10.7 Å². The Bertz CT molecular complexity index is 644. The van der Waals surface area contributed by atoms with Crippen LogP contribution in [-0.2, 0) is 10.0 Å². The van der Waals surface area contributed by atoms with Gasteiger partial charge >= 0.3 is 0 Å². The van der Waals surface area contributed by atoms with Gasteiger partial charge in [0.1, 0.15) is 5.69 Å². The molecule has 1 heterocycles. The van der Waals surface area contributed by atoms with Gasteiger partial charge in [0.25, 0.3) is 5.69 Å². The number of nitro benzene ring substituents is 1. The molecule has 0 bridgehead atoms. The van der Waals surface area contributed by atoms with Crippen molar-refractivity contribution < 1.29 is 13.3 Å². The van der Waals surface area contributed by atoms with E-state index in [1.807, 2.05) is 0 Å². The minimum atomic E-state index is -3.12. The third-order valence-corrected chi connectivity index (χ3v) is 5.47. The normalized spacial score (nSPS) is 16.5. The molecule has 0 spiro atoms. The number of hydrogen-bond acceptors (Lipinski definition) is 5. The lowest BCUT2D eigenvalue weighted by Gasteiger charge is -2.38. The van der Waals surface area contributed by atoms with Crippen molar-refractivity contribution in [3.05, 3.63) is 33.3 Å². The third-order valence-electron chi connectivity index (χ3n) is 3.42. The topological polar surface area (TPSA) is 92.6 Å². The van der Waals surface area contributed by atoms with Crippen molar-refractivity contribution in [2.45, 2.75) is 6.92 Å². The molecule has 7 nitrogen and oxygen atoms in total. The molecule has 0 unspecified atom stereocenters. The number of nitrogens with zero attached hydrogens (tertiary/aromatic N) is 2. The summed E-state index contributed by atoms with van der Waals surface area (Å²) in [5.41, 5.74) is 0.307. The maximum Gasteiger partial charge on any atom is 0.293 e. The summed E-state index contributed by atoms with van der Waals surface area (Å²) in [7, 11) is -3.12. The first-order chi connectivity index (χ1) is 9.83. The molecule has 1 saturated heterocycles. The zero-order valence-electron chi connectivity index (χ0n) is 11.5. The quantitative estimate of drug-likeness (QED) is 0.634. The third kappa shape index (κ3) is 3.63. The molecule has 0 atom stereocenters. The molecule has 1 aromatic rings. The van der Waals surface area contributed by atoms with Crippen LogP contribution in [0.5, 0.6) is 0 Å². The van der Waals surface area contributed by atoms with E-state index in [1.165, 1.54) is 10.4 Å². The van der Waals surface area contributed by atoms with Gasteiger partial charge < -0.3 is 5.32 Å². The Balaban J connectivity index is 1.93. The van der Waals surface area contributed by atoms with Crippen LogP contribution in [0, 0.1) is 16.0 Å². The van der Waals surface area contributed by atoms with Gasteiger partial charge in [-0.25, -0.2) is 12.7 Å². The van der Waals surface area contributed by atoms with Crippen molar-refractivity contribution in [3.63, 3.8) is 0 Å². The van der Waals surface area contributed by atoms with E-state index < -0.39 is 14.9 Å². The molecule has 21 heavy (non-hydrogen) atoms. The van der Waals surface area contributed by atoms with Crippen LogP contribution in [-0.4, -0.2) is 43.0 Å². The minimum Gasteiger partial charge on any atom is -0.379 e. The van der Waals surface area contributed by atoms with Crippen LogP contribution in [0.4, 0.5) is 11.4 Å². The number of hydrogen-bond donors (Lipinski definition) is 1. The van der Waals surface area contributed by atoms with Crippen molar-refractivity contribution in [2.75, 3.05) is 30.7 Å². The number of nitrogens with one attached hydrogen (secondary N) is 1. The summed E-state index contributed by atoms with van der Waals surface area (Å²) in [5, 5.41) is 14.2. The monoisotopic (exact) mass is 333 g/mol. The summed E-state index contributed by atoms with van der Waals surface area (Å²) in [4.78, 5) is 10.4. The molecule has 1 N–H and O–H groups in total. The Labute approximate surface area is 128 Å². The van der Waals surface area contributed by atoms with E-state index in [4.69, 9.17) is 11.6 Å². The lowest BCUT2D eigenvalue weighted by Crippen LogP contribution is -2.52. The average Bonchev–Trinajstić information content (AvgIpc) is 2.37. The predicted octanol–water partition coefficient (Wildman–Crippen LogP) is 1.94. The average molecular weight is 334 g/mol. The fourth-order valence-electron chi connectivity index (χ4n) is 2.12. The van der Waals surface area contributed by atoms with Crippen LogP contribution >= 0.6 is 11.6 Å². The van der Waals surface area contributed by atoms with Gasteiger partial charge in [-0.15, -0.1) is 0 Å². The molecule has 1 aliphatic rings. The second-order valence-electron chi connectivity index (χ2n) is 4.88. The molecule has 0 amide bonds. The predicted molar refractivity (Wildman–Crippen MR) is 81.1 cm³/mol. The van der Waals surface area contributed by atoms with Crippen LogP contribution in [0.25, 0.3) is 0 Å². The van der Waals surface area contributed by atoms with Crippen molar-refractivity contribution in [2.24, 2.45) is 5.92 Å². The van der Waals surface area contributed by atoms with Crippen LogP contribution in [0.15, 0.2) is 18.2 Å². The first kappa shape index (κ1) is 16.0. The number of benzene rings is 1. The van der Waals surface area contributed by atoms with Gasteiger partial charge in [-0.1, -0.05) is 11.6 Å². The molecule has 1 fully saturated rings. The summed E-state index contributed by atoms with van der Waals surface area (Å²) in [6.45, 7) is 2.99. The van der Waals surface area contributed by atoms with Crippen molar-refractivity contribution in [1.82, 2.24) is 4.31 Å². The van der Waals surface area contributed by atoms with Crippen molar-refractivity contribution >= 4 is 33.0 Å². The highest BCUT2D eigenvalue weighted by atomic mass is 35.5. The van der Waals surface area contributed by atoms with Crippen LogP contribution in [0.2, 0.25) is 5.02 Å². The fourth-order valence-corrected chi connectivity index (χ4v) is 3.53. The Morgan fingerprint density at radius 1 is 1.48 bits per heavy atom. The largest absolute Gasteiger partial charge is 0.379 e. The Hall–Kier alpha value is -1.38. The molecule has 1 aliphatic heterocycles. The number of sulfonamides is 1. The zero-order valence-corrected chi connectivity index (χ0v) is 13.0. The summed E-state index contributed by atoms with van der Waals surface area (Å²) in [5.74, 6) is 0.247. The van der Waals surface area contributed by atoms with E-state index in [9.17, 15) is 18.5 Å². The maximum atomic E-state index is 11.6. The first-order valence-corrected chi connectivity index (χ1v) is 8.48. The van der Waals surface area contributed by atoms with Crippen molar-refractivity contribution in [3.8, 4) is 0 Å². The number of rotatable bonds is 6. The van der Waals surface area contributed by atoms with Gasteiger partial charge in [-0.05, 0) is 19.1 Å². The highest BCUT2D eigenvalue weighted by Gasteiger charge is 2.34. The van der Waals surface area contributed by atoms with Crippen molar-refractivity contribution in [1.29, 1.82) is 0 Å². The Morgan fingerprint density at radius 2 is 2.14 bits per heavy atom. The Kier molecular flexibility index (Phi) is 4.70. The lowest BCUT2D eigenvalue weighted by atomic mass is 10.0. The minimum absolute atomic E-state index is 0.0835. The van der Waals surface area contributed by atoms with Crippen LogP contribution in [0.3, 0.4) is 0 Å². The highest BCUT2D eigenvalue weighted by Crippen LogP contribution is 2.29. The molecule has 2 rings (SSSR count). The van der Waals surface area contributed by atoms with Gasteiger partial charge in [-0.2, -0.15) is 0 Å². The molecule has 1 aromatic carbocycles. The van der Waals surface area contributed by atoms with Gasteiger partial charge in [0, 0.05) is 36.6 Å². The smallest absolute Gasteiger partial charge is 0.293 e. The van der Waals surface area contributed by atoms with E-state index in [-0.39, 0.29) is 17.4 Å². The molecule has 0 aromatic heterocycles. The summed E-state index contributed by atoms with van der Waals surface area (Å²) >= 11 is 5.74. The standard InChI is InChI=1S/C12H16ClN3O4S/c1-2-21(19,20)15-7-9(8-15)6-14-11-4-3-10(13)5-12(11)16(17)18/h3-5,9,14H,2,6-8H2,1H3. The molecule has 0 radical (unpaired) electrons. The summed E-state index contributed by atoms with van der Waals surface area (Å²) in [6, 6.07) is 4.42. The van der Waals surface area contributed by atoms with Crippen LogP contribution in [0.1, 0.15) is 6.92 Å². The van der Waals surface area contributed by atoms with E-state index in [0.717, 1.165) is 0 Å². The Morgan fingerprint density at radius 3 is 2.71 bits per heavy atom. The molecular weight excluding hydrogens is 318 g/mol. The van der Waals surface area contributed by atoms with E-state index in [2.05, 4.69) is 5.32 Å². The summed E-state index contributed by atoms with van der Waals surface area (Å²) < 4.78 is 24.6. The van der Waals surface area contributed by atoms with E-state index >= 15 is 0 Å². The number of anilines is 1. The van der Waals surface area contributed by atoms with E-state index in [0.29, 0.717) is 30.3 Å². The highest BCUT2D eigenvalue weighted by molar-refractivity contribution is 7.89. The van der Waals surface area contributed by atoms with Gasteiger partial charge in [0.2, 0.25) is 10.0 Å². The second-order valence-corrected chi connectivity index (χ2v) is 7.58. The lowest BCUT2D eigenvalue weighted by molar-refractivity contribution is -0.383. The zero-order chi connectivity index (χ0) is 15.6. The fraction of sp³-hybridized carbons (Fsp3) is 0.500. The van der Waals surface area contributed by atoms with Gasteiger partial charge in [-0.3, -0.25) is 10.1 Å². The first-order valence-electron chi connectivity index (χ1n) is 6.49. The SMILES string of the molecule is CCS(=O)(=O)N1CC(CNc2ccc(Cl)cc2[N+](=O)[O-])C1. The number of nitro groups is 1. The summed E-state index contributed by atoms with van der Waals surface area (Å²) in [6.07, 6.45) is 0. The second kappa shape index (κ2) is 6.17. The molecule has 9 heteroatoms. The van der Waals surface area contributed by atoms with E-state index in [1.54, 1.807) is 19.1 Å². The molecule has 0 aliphatic carbocycles. The van der Waals surface area contributed by atoms with Crippen LogP contribution < -0.4 is 5.32 Å².